The quantitative estimate of drug-likeness (QED) is 0.117. The highest BCUT2D eigenvalue weighted by Crippen LogP contribution is 2.34. The van der Waals surface area contributed by atoms with Gasteiger partial charge in [0.25, 0.3) is 0 Å². The molecule has 2 N–H and O–H groups in total. The largest absolute Gasteiger partial charge is 0.495 e. The third-order valence-corrected chi connectivity index (χ3v) is 16.9. The Morgan fingerprint density at radius 1 is 0.474 bits per heavy atom. The number of piperidine rings is 6. The lowest BCUT2D eigenvalue weighted by Gasteiger charge is -2.35. The smallest absolute Gasteiger partial charge is 0.227 e. The molecule has 10 rings (SSSR count). The maximum atomic E-state index is 5.82. The molecule has 0 aliphatic carbocycles. The first-order valence-corrected chi connectivity index (χ1v) is 29.9. The third-order valence-electron chi connectivity index (χ3n) is 16.9. The normalized spacial score (nSPS) is 19.9. The highest BCUT2D eigenvalue weighted by Gasteiger charge is 2.26. The lowest BCUT2D eigenvalue weighted by Crippen LogP contribution is -2.42. The average molecular weight is 1040 g/mol. The van der Waals surface area contributed by atoms with Gasteiger partial charge in [0.05, 0.1) is 36.4 Å². The number of aromatic nitrogens is 4. The lowest BCUT2D eigenvalue weighted by molar-refractivity contribution is 0.177. The van der Waals surface area contributed by atoms with Crippen LogP contribution in [-0.4, -0.2) is 170 Å². The number of fused-ring (bicyclic) bond motifs is 2. The van der Waals surface area contributed by atoms with Crippen LogP contribution in [0.3, 0.4) is 0 Å². The minimum absolute atomic E-state index is 0.414. The van der Waals surface area contributed by atoms with Crippen LogP contribution in [0, 0.1) is 23.7 Å². The fraction of sp³-hybridized carbons (Fsp3) is 0.677. The summed E-state index contributed by atoms with van der Waals surface area (Å²) in [6.07, 6.45) is 21.7. The van der Waals surface area contributed by atoms with Crippen molar-refractivity contribution in [1.29, 1.82) is 0 Å². The molecule has 0 atom stereocenters. The number of nitrogens with zero attached hydrogens (tertiary/aromatic N) is 10. The number of hydrogen-bond donors (Lipinski definition) is 2. The summed E-state index contributed by atoms with van der Waals surface area (Å²) in [5.74, 6) is 18.8. The zero-order valence-corrected chi connectivity index (χ0v) is 47.5. The van der Waals surface area contributed by atoms with Crippen LogP contribution < -0.4 is 29.9 Å². The van der Waals surface area contributed by atoms with E-state index in [-0.39, 0.29) is 0 Å². The topological polar surface area (TPSA) is 114 Å². The highest BCUT2D eigenvalue weighted by atomic mass is 16.5. The Hall–Kier alpha value is -5.12. The number of rotatable bonds is 14. The standard InChI is InChI=1S/2C31H46N6O/c2*1-24(2)36-20-13-26(14-21-36)32-30-27-23-29(38-3)25(12-6-11-17-35-15-7-4-8-16-35)22-28(27)33-31(34-30)37-18-9-5-10-19-37/h2*22-24,26H,4-5,7-11,13-21H2,1-3H3,(H,32,33,34). The van der Waals surface area contributed by atoms with Crippen LogP contribution in [-0.2, 0) is 0 Å². The highest BCUT2D eigenvalue weighted by molar-refractivity contribution is 5.94. The van der Waals surface area contributed by atoms with Gasteiger partial charge in [0.2, 0.25) is 11.9 Å². The minimum atomic E-state index is 0.414. The van der Waals surface area contributed by atoms with Crippen LogP contribution >= 0.6 is 0 Å². The van der Waals surface area contributed by atoms with E-state index >= 15 is 0 Å². The summed E-state index contributed by atoms with van der Waals surface area (Å²) < 4.78 is 11.6. The molecule has 0 bridgehead atoms. The fourth-order valence-corrected chi connectivity index (χ4v) is 12.1. The minimum Gasteiger partial charge on any atom is -0.495 e. The van der Waals surface area contributed by atoms with Gasteiger partial charge in [-0.25, -0.2) is 9.97 Å². The zero-order valence-electron chi connectivity index (χ0n) is 47.5. The lowest BCUT2D eigenvalue weighted by atomic mass is 10.0. The number of ether oxygens (including phenoxy) is 2. The molecule has 0 spiro atoms. The van der Waals surface area contributed by atoms with E-state index in [0.29, 0.717) is 24.2 Å². The van der Waals surface area contributed by atoms with Crippen molar-refractivity contribution in [3.63, 3.8) is 0 Å². The molecule has 412 valence electrons. The molecular weight excluding hydrogens is 945 g/mol. The molecule has 14 nitrogen and oxygen atoms in total. The summed E-state index contributed by atoms with van der Waals surface area (Å²) >= 11 is 0. The summed E-state index contributed by atoms with van der Waals surface area (Å²) in [4.78, 5) is 35.2. The molecule has 0 unspecified atom stereocenters. The molecule has 6 aliphatic rings. The molecule has 4 aromatic rings. The van der Waals surface area contributed by atoms with Gasteiger partial charge in [0, 0.05) is 113 Å². The molecule has 8 heterocycles. The van der Waals surface area contributed by atoms with Crippen molar-refractivity contribution in [1.82, 2.24) is 39.5 Å². The number of anilines is 4. The molecule has 76 heavy (non-hydrogen) atoms. The second-order valence-electron chi connectivity index (χ2n) is 23.0. The van der Waals surface area contributed by atoms with Gasteiger partial charge in [0.1, 0.15) is 23.1 Å². The number of benzene rings is 2. The van der Waals surface area contributed by atoms with Gasteiger partial charge >= 0.3 is 0 Å². The van der Waals surface area contributed by atoms with Crippen LogP contribution in [0.1, 0.15) is 154 Å². The second-order valence-corrected chi connectivity index (χ2v) is 23.0. The summed E-state index contributed by atoms with van der Waals surface area (Å²) in [7, 11) is 3.47. The molecule has 0 amide bonds. The van der Waals surface area contributed by atoms with E-state index in [0.717, 1.165) is 172 Å². The summed E-state index contributed by atoms with van der Waals surface area (Å²) in [6.45, 7) is 24.7. The van der Waals surface area contributed by atoms with Crippen molar-refractivity contribution in [2.45, 2.75) is 167 Å². The van der Waals surface area contributed by atoms with Crippen molar-refractivity contribution in [3.05, 3.63) is 35.4 Å². The first-order chi connectivity index (χ1) is 37.2. The molecule has 2 aromatic heterocycles. The maximum absolute atomic E-state index is 5.82. The average Bonchev–Trinajstić information content (AvgIpc) is 3.47. The van der Waals surface area contributed by atoms with Gasteiger partial charge in [-0.15, -0.1) is 0 Å². The van der Waals surface area contributed by atoms with Gasteiger partial charge < -0.3 is 49.5 Å². The molecule has 6 aliphatic heterocycles. The Bertz CT molecular complexity index is 2420. The third kappa shape index (κ3) is 15.1. The van der Waals surface area contributed by atoms with Gasteiger partial charge in [-0.05, 0) is 168 Å². The molecule has 6 fully saturated rings. The van der Waals surface area contributed by atoms with Crippen LogP contribution in [0.4, 0.5) is 23.5 Å². The molecule has 6 saturated heterocycles. The van der Waals surface area contributed by atoms with Crippen molar-refractivity contribution < 1.29 is 9.47 Å². The summed E-state index contributed by atoms with van der Waals surface area (Å²) in [5.41, 5.74) is 3.73. The van der Waals surface area contributed by atoms with Crippen LogP contribution in [0.5, 0.6) is 11.5 Å². The number of methoxy groups -OCH3 is 2. The predicted octanol–water partition coefficient (Wildman–Crippen LogP) is 10.3. The van der Waals surface area contributed by atoms with E-state index in [1.807, 2.05) is 0 Å². The molecule has 0 saturated carbocycles. The van der Waals surface area contributed by atoms with E-state index in [4.69, 9.17) is 29.4 Å². The number of hydrogen-bond acceptors (Lipinski definition) is 14. The maximum Gasteiger partial charge on any atom is 0.227 e. The molecular formula is C62H92N12O2. The van der Waals surface area contributed by atoms with Crippen molar-refractivity contribution in [2.24, 2.45) is 0 Å². The Morgan fingerprint density at radius 2 is 0.829 bits per heavy atom. The predicted molar refractivity (Wildman–Crippen MR) is 315 cm³/mol. The second kappa shape index (κ2) is 28.0. The number of nitrogens with one attached hydrogen (secondary N) is 2. The van der Waals surface area contributed by atoms with Gasteiger partial charge in [-0.1, -0.05) is 36.5 Å². The monoisotopic (exact) mass is 1040 g/mol. The summed E-state index contributed by atoms with van der Waals surface area (Å²) in [5, 5.41) is 9.68. The van der Waals surface area contributed by atoms with Crippen molar-refractivity contribution in [2.75, 3.05) is 126 Å². The van der Waals surface area contributed by atoms with Crippen LogP contribution in [0.2, 0.25) is 0 Å². The first kappa shape index (κ1) is 55.6. The Kier molecular flexibility index (Phi) is 20.5. The Balaban J connectivity index is 0.000000186. The summed E-state index contributed by atoms with van der Waals surface area (Å²) in [6, 6.07) is 10.4. The number of likely N-dealkylation sites (tertiary alicyclic amines) is 4. The van der Waals surface area contributed by atoms with E-state index in [1.165, 1.54) is 103 Å². The van der Waals surface area contributed by atoms with E-state index in [2.05, 4.69) is 116 Å². The van der Waals surface area contributed by atoms with Crippen molar-refractivity contribution >= 4 is 45.3 Å². The van der Waals surface area contributed by atoms with Gasteiger partial charge in [-0.2, -0.15) is 9.97 Å². The first-order valence-electron chi connectivity index (χ1n) is 29.9. The molecule has 14 heteroatoms. The van der Waals surface area contributed by atoms with Gasteiger partial charge in [0.15, 0.2) is 0 Å². The van der Waals surface area contributed by atoms with Gasteiger partial charge in [-0.3, -0.25) is 0 Å². The fourth-order valence-electron chi connectivity index (χ4n) is 12.1. The van der Waals surface area contributed by atoms with E-state index in [9.17, 15) is 0 Å². The van der Waals surface area contributed by atoms with Crippen LogP contribution in [0.25, 0.3) is 21.8 Å². The Labute approximate surface area is 456 Å². The van der Waals surface area contributed by atoms with E-state index in [1.54, 1.807) is 14.2 Å². The zero-order chi connectivity index (χ0) is 52.6. The SMILES string of the molecule is COc1cc2c(NC3CCN(C(C)C)CC3)nc(N3CCCCC3)nc2cc1C#CCCN1CCCCC1.COc1cc2c(NC3CCN(C(C)C)CC3)nc(N3CCCCC3)nc2cc1C#CCCN1CCCCC1. The molecule has 0 radical (unpaired) electrons. The van der Waals surface area contributed by atoms with Crippen LogP contribution in [0.15, 0.2) is 24.3 Å². The van der Waals surface area contributed by atoms with Crippen molar-refractivity contribution in [3.8, 4) is 35.2 Å². The van der Waals surface area contributed by atoms with E-state index < -0.39 is 0 Å². The molecule has 2 aromatic carbocycles. The Morgan fingerprint density at radius 3 is 1.17 bits per heavy atom.